The van der Waals surface area contributed by atoms with Gasteiger partial charge in [0.05, 0.1) is 6.54 Å². The lowest BCUT2D eigenvalue weighted by Crippen LogP contribution is -2.04. The number of aromatic nitrogens is 4. The number of tetrazole rings is 1. The van der Waals surface area contributed by atoms with E-state index >= 15 is 0 Å². The van der Waals surface area contributed by atoms with E-state index in [9.17, 15) is 0 Å². The third-order valence-electron chi connectivity index (χ3n) is 3.00. The van der Waals surface area contributed by atoms with Crippen molar-refractivity contribution in [3.63, 3.8) is 0 Å². The third-order valence-corrected chi connectivity index (χ3v) is 3.00. The number of aryl methyl sites for hydroxylation is 1. The Bertz CT molecular complexity index is 732. The van der Waals surface area contributed by atoms with Crippen molar-refractivity contribution in [2.75, 3.05) is 5.73 Å². The molecule has 0 amide bonds. The molecule has 5 heteroatoms. The van der Waals surface area contributed by atoms with Gasteiger partial charge in [-0.2, -0.15) is 4.80 Å². The van der Waals surface area contributed by atoms with Crippen molar-refractivity contribution in [1.82, 2.24) is 20.2 Å². The average molecular weight is 265 g/mol. The quantitative estimate of drug-likeness (QED) is 0.738. The van der Waals surface area contributed by atoms with E-state index in [1.807, 2.05) is 30.3 Å². The maximum atomic E-state index is 5.76. The second kappa shape index (κ2) is 5.13. The standard InChI is InChI=1S/C15H15N5/c1-11-4-2-5-12(8-11)10-20-18-15(17-19-20)13-6-3-7-14(16)9-13/h2-9H,10,16H2,1H3. The van der Waals surface area contributed by atoms with Gasteiger partial charge in [-0.15, -0.1) is 10.2 Å². The maximum absolute atomic E-state index is 5.76. The van der Waals surface area contributed by atoms with E-state index in [0.717, 1.165) is 11.1 Å². The van der Waals surface area contributed by atoms with E-state index in [4.69, 9.17) is 5.73 Å². The van der Waals surface area contributed by atoms with Gasteiger partial charge in [0.1, 0.15) is 0 Å². The number of anilines is 1. The highest BCUT2D eigenvalue weighted by Crippen LogP contribution is 2.16. The van der Waals surface area contributed by atoms with Crippen LogP contribution in [0.3, 0.4) is 0 Å². The summed E-state index contributed by atoms with van der Waals surface area (Å²) in [5.74, 6) is 0.588. The minimum absolute atomic E-state index is 0.588. The number of nitrogen functional groups attached to an aromatic ring is 1. The minimum Gasteiger partial charge on any atom is -0.399 e. The zero-order chi connectivity index (χ0) is 13.9. The summed E-state index contributed by atoms with van der Waals surface area (Å²) in [5.41, 5.74) is 9.70. The molecule has 0 aliphatic rings. The van der Waals surface area contributed by atoms with Gasteiger partial charge in [0.2, 0.25) is 5.82 Å². The molecule has 100 valence electrons. The largest absolute Gasteiger partial charge is 0.399 e. The van der Waals surface area contributed by atoms with Crippen LogP contribution in [-0.2, 0) is 6.54 Å². The zero-order valence-electron chi connectivity index (χ0n) is 11.2. The Labute approximate surface area is 117 Å². The summed E-state index contributed by atoms with van der Waals surface area (Å²) in [7, 11) is 0. The molecule has 0 aliphatic heterocycles. The van der Waals surface area contributed by atoms with Gasteiger partial charge in [0.15, 0.2) is 0 Å². The lowest BCUT2D eigenvalue weighted by molar-refractivity contribution is 0.572. The first kappa shape index (κ1) is 12.3. The van der Waals surface area contributed by atoms with E-state index < -0.39 is 0 Å². The van der Waals surface area contributed by atoms with E-state index in [1.54, 1.807) is 4.80 Å². The molecule has 0 radical (unpaired) electrons. The maximum Gasteiger partial charge on any atom is 0.205 e. The second-order valence-corrected chi connectivity index (χ2v) is 4.76. The summed E-state index contributed by atoms with van der Waals surface area (Å²) < 4.78 is 0. The molecule has 5 nitrogen and oxygen atoms in total. The van der Waals surface area contributed by atoms with Crippen LogP contribution in [0.4, 0.5) is 5.69 Å². The molecule has 2 N–H and O–H groups in total. The van der Waals surface area contributed by atoms with Gasteiger partial charge < -0.3 is 5.73 Å². The Morgan fingerprint density at radius 1 is 1.10 bits per heavy atom. The molecule has 0 atom stereocenters. The molecule has 20 heavy (non-hydrogen) atoms. The van der Waals surface area contributed by atoms with Gasteiger partial charge >= 0.3 is 0 Å². The number of benzene rings is 2. The highest BCUT2D eigenvalue weighted by Gasteiger charge is 2.06. The Kier molecular flexibility index (Phi) is 3.16. The Hall–Kier alpha value is -2.69. The van der Waals surface area contributed by atoms with E-state index in [-0.39, 0.29) is 0 Å². The molecule has 0 spiro atoms. The second-order valence-electron chi connectivity index (χ2n) is 4.76. The molecule has 1 heterocycles. The zero-order valence-corrected chi connectivity index (χ0v) is 11.2. The Balaban J connectivity index is 1.84. The van der Waals surface area contributed by atoms with Crippen molar-refractivity contribution >= 4 is 5.69 Å². The van der Waals surface area contributed by atoms with Gasteiger partial charge in [-0.25, -0.2) is 0 Å². The van der Waals surface area contributed by atoms with Crippen LogP contribution >= 0.6 is 0 Å². The van der Waals surface area contributed by atoms with Crippen LogP contribution in [0.25, 0.3) is 11.4 Å². The molecule has 2 aromatic carbocycles. The van der Waals surface area contributed by atoms with Crippen molar-refractivity contribution in [3.05, 3.63) is 59.7 Å². The predicted octanol–water partition coefficient (Wildman–Crippen LogP) is 2.28. The van der Waals surface area contributed by atoms with Crippen LogP contribution in [0.2, 0.25) is 0 Å². The smallest absolute Gasteiger partial charge is 0.205 e. The number of hydrogen-bond donors (Lipinski definition) is 1. The number of rotatable bonds is 3. The van der Waals surface area contributed by atoms with Gasteiger partial charge in [0.25, 0.3) is 0 Å². The number of nitrogens with zero attached hydrogens (tertiary/aromatic N) is 4. The van der Waals surface area contributed by atoms with Crippen LogP contribution in [0.15, 0.2) is 48.5 Å². The SMILES string of the molecule is Cc1cccc(Cn2nnc(-c3cccc(N)c3)n2)c1. The Morgan fingerprint density at radius 2 is 1.95 bits per heavy atom. The van der Waals surface area contributed by atoms with Crippen molar-refractivity contribution < 1.29 is 0 Å². The lowest BCUT2D eigenvalue weighted by atomic mass is 10.1. The molecule has 3 rings (SSSR count). The molecular weight excluding hydrogens is 250 g/mol. The van der Waals surface area contributed by atoms with Gasteiger partial charge in [-0.1, -0.05) is 42.0 Å². The molecule has 0 saturated carbocycles. The normalized spacial score (nSPS) is 10.7. The fourth-order valence-electron chi connectivity index (χ4n) is 2.08. The fourth-order valence-corrected chi connectivity index (χ4v) is 2.08. The van der Waals surface area contributed by atoms with E-state index in [1.165, 1.54) is 5.56 Å². The highest BCUT2D eigenvalue weighted by atomic mass is 15.6. The summed E-state index contributed by atoms with van der Waals surface area (Å²) in [4.78, 5) is 1.59. The van der Waals surface area contributed by atoms with Crippen LogP contribution in [0.5, 0.6) is 0 Å². The first-order valence-corrected chi connectivity index (χ1v) is 6.40. The predicted molar refractivity (Wildman–Crippen MR) is 77.9 cm³/mol. The Morgan fingerprint density at radius 3 is 2.75 bits per heavy atom. The fraction of sp³-hybridized carbons (Fsp3) is 0.133. The van der Waals surface area contributed by atoms with Crippen molar-refractivity contribution in [3.8, 4) is 11.4 Å². The third kappa shape index (κ3) is 2.66. The van der Waals surface area contributed by atoms with Gasteiger partial charge in [-0.3, -0.25) is 0 Å². The summed E-state index contributed by atoms with van der Waals surface area (Å²) >= 11 is 0. The van der Waals surface area contributed by atoms with Gasteiger partial charge in [0, 0.05) is 11.3 Å². The molecular formula is C15H15N5. The number of nitrogens with two attached hydrogens (primary N) is 1. The van der Waals surface area contributed by atoms with Crippen LogP contribution in [0, 0.1) is 6.92 Å². The van der Waals surface area contributed by atoms with Crippen LogP contribution < -0.4 is 5.73 Å². The molecule has 0 unspecified atom stereocenters. The highest BCUT2D eigenvalue weighted by molar-refractivity contribution is 5.60. The van der Waals surface area contributed by atoms with E-state index in [2.05, 4.69) is 40.5 Å². The van der Waals surface area contributed by atoms with Crippen molar-refractivity contribution in [2.45, 2.75) is 13.5 Å². The van der Waals surface area contributed by atoms with Crippen LogP contribution in [0.1, 0.15) is 11.1 Å². The molecule has 3 aromatic rings. The lowest BCUT2D eigenvalue weighted by Gasteiger charge is -2.00. The summed E-state index contributed by atoms with van der Waals surface area (Å²) in [6, 6.07) is 15.7. The van der Waals surface area contributed by atoms with Gasteiger partial charge in [-0.05, 0) is 29.8 Å². The monoisotopic (exact) mass is 265 g/mol. The van der Waals surface area contributed by atoms with Crippen LogP contribution in [-0.4, -0.2) is 20.2 Å². The first-order valence-electron chi connectivity index (χ1n) is 6.40. The molecule has 1 aromatic heterocycles. The summed E-state index contributed by atoms with van der Waals surface area (Å²) in [6.07, 6.45) is 0. The van der Waals surface area contributed by atoms with E-state index in [0.29, 0.717) is 18.1 Å². The summed E-state index contributed by atoms with van der Waals surface area (Å²) in [6.45, 7) is 2.67. The minimum atomic E-state index is 0.588. The molecule has 0 aliphatic carbocycles. The van der Waals surface area contributed by atoms with Crippen molar-refractivity contribution in [1.29, 1.82) is 0 Å². The topological polar surface area (TPSA) is 69.6 Å². The molecule has 0 fully saturated rings. The molecule has 0 bridgehead atoms. The average Bonchev–Trinajstić information content (AvgIpc) is 2.87. The molecule has 0 saturated heterocycles. The summed E-state index contributed by atoms with van der Waals surface area (Å²) in [5, 5.41) is 12.5. The van der Waals surface area contributed by atoms with Crippen molar-refractivity contribution in [2.24, 2.45) is 0 Å². The first-order chi connectivity index (χ1) is 9.70. The number of hydrogen-bond acceptors (Lipinski definition) is 4.